The van der Waals surface area contributed by atoms with Gasteiger partial charge in [-0.15, -0.1) is 0 Å². The third-order valence-corrected chi connectivity index (χ3v) is 5.67. The summed E-state index contributed by atoms with van der Waals surface area (Å²) in [7, 11) is 1.24. The monoisotopic (exact) mass is 457 g/mol. The number of benzene rings is 2. The number of carbonyl (C=O) groups excluding carboxylic acids is 1. The molecule has 0 saturated carbocycles. The lowest BCUT2D eigenvalue weighted by atomic mass is 9.96. The van der Waals surface area contributed by atoms with Crippen LogP contribution >= 0.6 is 0 Å². The number of allylic oxidation sites excluding steroid dienone is 1. The fourth-order valence-corrected chi connectivity index (χ4v) is 3.98. The SMILES string of the molecule is CCC(Nc1oc(C2C=Cc3ccccc32)c(O)c1-c1cccc(C(F)(F)F)c1)C(=O)OC. The predicted octanol–water partition coefficient (Wildman–Crippen LogP) is 6.19. The number of carbonyl (C=O) groups is 1. The number of rotatable bonds is 6. The first-order chi connectivity index (χ1) is 15.7. The van der Waals surface area contributed by atoms with Crippen LogP contribution in [0.1, 0.15) is 41.7 Å². The molecular formula is C25H22F3NO4. The predicted molar refractivity (Wildman–Crippen MR) is 118 cm³/mol. The summed E-state index contributed by atoms with van der Waals surface area (Å²) in [6, 6.07) is 11.3. The summed E-state index contributed by atoms with van der Waals surface area (Å²) >= 11 is 0. The number of anilines is 1. The van der Waals surface area contributed by atoms with Crippen LogP contribution in [0, 0.1) is 0 Å². The number of hydrogen-bond acceptors (Lipinski definition) is 5. The number of alkyl halides is 3. The van der Waals surface area contributed by atoms with Gasteiger partial charge in [0.2, 0.25) is 5.88 Å². The Hall–Kier alpha value is -3.68. The molecule has 8 heteroatoms. The largest absolute Gasteiger partial charge is 0.504 e. The molecule has 5 nitrogen and oxygen atoms in total. The van der Waals surface area contributed by atoms with Crippen molar-refractivity contribution in [2.45, 2.75) is 31.5 Å². The van der Waals surface area contributed by atoms with Crippen LogP contribution in [0.3, 0.4) is 0 Å². The van der Waals surface area contributed by atoms with E-state index in [0.717, 1.165) is 23.3 Å². The zero-order valence-electron chi connectivity index (χ0n) is 17.9. The molecule has 1 aliphatic carbocycles. The quantitative estimate of drug-likeness (QED) is 0.432. The van der Waals surface area contributed by atoms with E-state index in [1.165, 1.54) is 19.2 Å². The molecule has 0 radical (unpaired) electrons. The Balaban J connectivity index is 1.86. The summed E-state index contributed by atoms with van der Waals surface area (Å²) in [5, 5.41) is 14.1. The number of ether oxygens (including phenoxy) is 1. The van der Waals surface area contributed by atoms with Crippen LogP contribution in [-0.4, -0.2) is 24.2 Å². The fraction of sp³-hybridized carbons (Fsp3) is 0.240. The van der Waals surface area contributed by atoms with E-state index >= 15 is 0 Å². The summed E-state index contributed by atoms with van der Waals surface area (Å²) < 4.78 is 50.8. The second-order valence-corrected chi connectivity index (χ2v) is 7.69. The summed E-state index contributed by atoms with van der Waals surface area (Å²) in [6.07, 6.45) is -0.489. The molecule has 2 atom stereocenters. The first-order valence-corrected chi connectivity index (χ1v) is 10.4. The molecule has 0 fully saturated rings. The van der Waals surface area contributed by atoms with E-state index < -0.39 is 29.7 Å². The van der Waals surface area contributed by atoms with Gasteiger partial charge < -0.3 is 19.6 Å². The average Bonchev–Trinajstić information content (AvgIpc) is 3.37. The minimum absolute atomic E-state index is 0.00291. The highest BCUT2D eigenvalue weighted by atomic mass is 19.4. The van der Waals surface area contributed by atoms with Crippen molar-refractivity contribution in [1.82, 2.24) is 0 Å². The molecule has 0 saturated heterocycles. The van der Waals surface area contributed by atoms with E-state index in [9.17, 15) is 23.1 Å². The Morgan fingerprint density at radius 1 is 1.21 bits per heavy atom. The molecule has 2 N–H and O–H groups in total. The highest BCUT2D eigenvalue weighted by Crippen LogP contribution is 2.49. The van der Waals surface area contributed by atoms with E-state index in [-0.39, 0.29) is 28.5 Å². The zero-order chi connectivity index (χ0) is 23.8. The second-order valence-electron chi connectivity index (χ2n) is 7.69. The highest BCUT2D eigenvalue weighted by molar-refractivity contribution is 5.86. The fourth-order valence-electron chi connectivity index (χ4n) is 3.98. The van der Waals surface area contributed by atoms with Crippen molar-refractivity contribution in [2.24, 2.45) is 0 Å². The molecule has 0 spiro atoms. The van der Waals surface area contributed by atoms with Gasteiger partial charge in [-0.2, -0.15) is 13.2 Å². The van der Waals surface area contributed by atoms with E-state index in [2.05, 4.69) is 5.32 Å². The Labute approximate surface area is 188 Å². The third-order valence-electron chi connectivity index (χ3n) is 5.67. The number of esters is 1. The van der Waals surface area contributed by atoms with Crippen molar-refractivity contribution in [1.29, 1.82) is 0 Å². The van der Waals surface area contributed by atoms with Crippen LogP contribution in [0.4, 0.5) is 19.1 Å². The summed E-state index contributed by atoms with van der Waals surface area (Å²) in [5.41, 5.74) is 1.14. The van der Waals surface area contributed by atoms with Gasteiger partial charge in [0.15, 0.2) is 11.5 Å². The van der Waals surface area contributed by atoms with Gasteiger partial charge in [0.1, 0.15) is 6.04 Å². The molecule has 4 rings (SSSR count). The maximum Gasteiger partial charge on any atom is 0.416 e. The summed E-state index contributed by atoms with van der Waals surface area (Å²) in [5.74, 6) is -1.11. The number of methoxy groups -OCH3 is 1. The van der Waals surface area contributed by atoms with E-state index in [1.54, 1.807) is 6.92 Å². The molecule has 0 bridgehead atoms. The van der Waals surface area contributed by atoms with Gasteiger partial charge in [0.25, 0.3) is 0 Å². The smallest absolute Gasteiger partial charge is 0.416 e. The van der Waals surface area contributed by atoms with E-state index in [1.807, 2.05) is 36.4 Å². The molecule has 2 unspecified atom stereocenters. The van der Waals surface area contributed by atoms with Crippen LogP contribution < -0.4 is 5.32 Å². The molecule has 33 heavy (non-hydrogen) atoms. The van der Waals surface area contributed by atoms with Crippen LogP contribution in [0.2, 0.25) is 0 Å². The van der Waals surface area contributed by atoms with Crippen molar-refractivity contribution >= 4 is 17.9 Å². The molecule has 1 aliphatic rings. The molecule has 2 aromatic carbocycles. The van der Waals surface area contributed by atoms with Gasteiger partial charge in [0, 0.05) is 0 Å². The van der Waals surface area contributed by atoms with Crippen LogP contribution in [0.5, 0.6) is 5.75 Å². The first kappa shape index (κ1) is 22.5. The van der Waals surface area contributed by atoms with Gasteiger partial charge in [-0.1, -0.05) is 55.5 Å². The summed E-state index contributed by atoms with van der Waals surface area (Å²) in [4.78, 5) is 12.1. The lowest BCUT2D eigenvalue weighted by Gasteiger charge is -2.15. The number of halogens is 3. The molecule has 0 aliphatic heterocycles. The molecule has 1 aromatic heterocycles. The standard InChI is InChI=1S/C25H22F3NO4/c1-3-19(24(31)32-2)29-23-20(15-8-6-9-16(13-15)25(26,27)28)21(30)22(33-23)18-12-11-14-7-4-5-10-17(14)18/h4-13,18-19,29-30H,3H2,1-2H3. The highest BCUT2D eigenvalue weighted by Gasteiger charge is 2.34. The van der Waals surface area contributed by atoms with Gasteiger partial charge >= 0.3 is 12.1 Å². The molecular weight excluding hydrogens is 435 g/mol. The van der Waals surface area contributed by atoms with Gasteiger partial charge in [-0.3, -0.25) is 0 Å². The Morgan fingerprint density at radius 2 is 1.97 bits per heavy atom. The normalized spacial score (nSPS) is 15.8. The number of hydrogen-bond donors (Lipinski definition) is 2. The molecule has 1 heterocycles. The maximum atomic E-state index is 13.3. The number of nitrogens with one attached hydrogen (secondary N) is 1. The van der Waals surface area contributed by atoms with Crippen LogP contribution in [0.25, 0.3) is 17.2 Å². The Kier molecular flexibility index (Phi) is 5.93. The molecule has 3 aromatic rings. The van der Waals surface area contributed by atoms with E-state index in [0.29, 0.717) is 6.42 Å². The van der Waals surface area contributed by atoms with Crippen molar-refractivity contribution in [3.8, 4) is 16.9 Å². The Morgan fingerprint density at radius 3 is 2.67 bits per heavy atom. The van der Waals surface area contributed by atoms with Gasteiger partial charge in [-0.05, 0) is 35.2 Å². The number of fused-ring (bicyclic) bond motifs is 1. The number of aromatic hydroxyl groups is 1. The lowest BCUT2D eigenvalue weighted by Crippen LogP contribution is -2.29. The Bertz CT molecular complexity index is 1210. The average molecular weight is 457 g/mol. The van der Waals surface area contributed by atoms with Crippen LogP contribution in [-0.2, 0) is 15.7 Å². The summed E-state index contributed by atoms with van der Waals surface area (Å²) in [6.45, 7) is 1.75. The van der Waals surface area contributed by atoms with Gasteiger partial charge in [-0.25, -0.2) is 4.79 Å². The minimum atomic E-state index is -4.56. The third kappa shape index (κ3) is 4.20. The lowest BCUT2D eigenvalue weighted by molar-refractivity contribution is -0.141. The maximum absolute atomic E-state index is 13.3. The molecule has 0 amide bonds. The topological polar surface area (TPSA) is 71.7 Å². The first-order valence-electron chi connectivity index (χ1n) is 10.4. The number of furan rings is 1. The van der Waals surface area contributed by atoms with Crippen LogP contribution in [0.15, 0.2) is 59.0 Å². The van der Waals surface area contributed by atoms with Crippen molar-refractivity contribution in [2.75, 3.05) is 12.4 Å². The second kappa shape index (κ2) is 8.69. The van der Waals surface area contributed by atoms with E-state index in [4.69, 9.17) is 9.15 Å². The minimum Gasteiger partial charge on any atom is -0.504 e. The zero-order valence-corrected chi connectivity index (χ0v) is 17.9. The van der Waals surface area contributed by atoms with Gasteiger partial charge in [0.05, 0.1) is 24.2 Å². The molecule has 172 valence electrons. The van der Waals surface area contributed by atoms with Crippen molar-refractivity contribution in [3.05, 3.63) is 77.1 Å². The van der Waals surface area contributed by atoms with Crippen molar-refractivity contribution in [3.63, 3.8) is 0 Å². The van der Waals surface area contributed by atoms with Crippen molar-refractivity contribution < 1.29 is 32.2 Å².